The van der Waals surface area contributed by atoms with Crippen LogP contribution in [-0.2, 0) is 13.0 Å². The Hall–Kier alpha value is -2.89. The number of rotatable bonds is 4. The maximum Gasteiger partial charge on any atom is 0.317 e. The van der Waals surface area contributed by atoms with Gasteiger partial charge in [0.15, 0.2) is 11.5 Å². The molecule has 1 aliphatic rings. The van der Waals surface area contributed by atoms with E-state index in [2.05, 4.69) is 5.32 Å². The lowest BCUT2D eigenvalue weighted by atomic mass is 10.0. The topological polar surface area (TPSA) is 71.0 Å². The number of amides is 2. The summed E-state index contributed by atoms with van der Waals surface area (Å²) in [5, 5.41) is 12.8. The van der Waals surface area contributed by atoms with Crippen molar-refractivity contribution in [2.24, 2.45) is 0 Å². The van der Waals surface area contributed by atoms with Gasteiger partial charge in [0, 0.05) is 18.2 Å². The highest BCUT2D eigenvalue weighted by molar-refractivity contribution is 5.74. The zero-order valence-corrected chi connectivity index (χ0v) is 14.4. The molecule has 0 aromatic heterocycles. The van der Waals surface area contributed by atoms with Crippen LogP contribution < -0.4 is 14.8 Å². The molecular formula is C19H22N2O4. The summed E-state index contributed by atoms with van der Waals surface area (Å²) in [5.41, 5.74) is 1.72. The van der Waals surface area contributed by atoms with Gasteiger partial charge in [0.2, 0.25) is 0 Å². The monoisotopic (exact) mass is 342 g/mol. The third-order valence-electron chi connectivity index (χ3n) is 4.25. The SMILES string of the molecule is COc1cccc2c1OCC(NC(=O)N(C)Cc1ccccc1O)C2. The lowest BCUT2D eigenvalue weighted by Crippen LogP contribution is -2.47. The fourth-order valence-electron chi connectivity index (χ4n) is 2.90. The van der Waals surface area contributed by atoms with Crippen molar-refractivity contribution in [3.63, 3.8) is 0 Å². The number of ether oxygens (including phenoxy) is 2. The Bertz CT molecular complexity index is 763. The summed E-state index contributed by atoms with van der Waals surface area (Å²) >= 11 is 0. The third-order valence-corrected chi connectivity index (χ3v) is 4.25. The Balaban J connectivity index is 1.61. The van der Waals surface area contributed by atoms with Gasteiger partial charge in [-0.3, -0.25) is 0 Å². The highest BCUT2D eigenvalue weighted by Crippen LogP contribution is 2.34. The molecule has 0 aliphatic carbocycles. The number of methoxy groups -OCH3 is 1. The standard InChI is InChI=1S/C19H22N2O4/c1-21(11-14-6-3-4-8-16(14)22)19(23)20-15-10-13-7-5-9-17(24-2)18(13)25-12-15/h3-9,15,22H,10-12H2,1-2H3,(H,20,23). The lowest BCUT2D eigenvalue weighted by Gasteiger charge is -2.29. The van der Waals surface area contributed by atoms with Crippen LogP contribution in [0.25, 0.3) is 0 Å². The van der Waals surface area contributed by atoms with E-state index in [1.807, 2.05) is 24.3 Å². The number of carbonyl (C=O) groups is 1. The zero-order valence-electron chi connectivity index (χ0n) is 14.4. The van der Waals surface area contributed by atoms with E-state index >= 15 is 0 Å². The molecule has 1 atom stereocenters. The largest absolute Gasteiger partial charge is 0.508 e. The number of nitrogens with one attached hydrogen (secondary N) is 1. The summed E-state index contributed by atoms with van der Waals surface area (Å²) in [4.78, 5) is 14.0. The summed E-state index contributed by atoms with van der Waals surface area (Å²) < 4.78 is 11.1. The van der Waals surface area contributed by atoms with E-state index in [-0.39, 0.29) is 17.8 Å². The van der Waals surface area contributed by atoms with Crippen LogP contribution in [0.3, 0.4) is 0 Å². The highest BCUT2D eigenvalue weighted by Gasteiger charge is 2.25. The zero-order chi connectivity index (χ0) is 17.8. The van der Waals surface area contributed by atoms with Crippen molar-refractivity contribution >= 4 is 6.03 Å². The quantitative estimate of drug-likeness (QED) is 0.896. The van der Waals surface area contributed by atoms with Crippen LogP contribution in [0.5, 0.6) is 17.2 Å². The summed E-state index contributed by atoms with van der Waals surface area (Å²) in [5.74, 6) is 1.64. The minimum atomic E-state index is -0.205. The number of nitrogens with zero attached hydrogens (tertiary/aromatic N) is 1. The van der Waals surface area contributed by atoms with Gasteiger partial charge in [-0.15, -0.1) is 0 Å². The molecule has 0 radical (unpaired) electrons. The fraction of sp³-hybridized carbons (Fsp3) is 0.316. The van der Waals surface area contributed by atoms with Gasteiger partial charge in [0.05, 0.1) is 19.7 Å². The van der Waals surface area contributed by atoms with Crippen molar-refractivity contribution < 1.29 is 19.4 Å². The van der Waals surface area contributed by atoms with Crippen LogP contribution in [0.15, 0.2) is 42.5 Å². The van der Waals surface area contributed by atoms with Crippen molar-refractivity contribution in [1.82, 2.24) is 10.2 Å². The van der Waals surface area contributed by atoms with Crippen LogP contribution >= 0.6 is 0 Å². The molecule has 0 saturated carbocycles. The molecule has 25 heavy (non-hydrogen) atoms. The second-order valence-electron chi connectivity index (χ2n) is 6.09. The predicted molar refractivity (Wildman–Crippen MR) is 94.1 cm³/mol. The van der Waals surface area contributed by atoms with Crippen LogP contribution in [0, 0.1) is 0 Å². The number of para-hydroxylation sites is 2. The summed E-state index contributed by atoms with van der Waals surface area (Å²) in [6.07, 6.45) is 0.683. The predicted octanol–water partition coefficient (Wildman–Crippen LogP) is 2.55. The molecule has 0 fully saturated rings. The first-order valence-corrected chi connectivity index (χ1v) is 8.15. The Morgan fingerprint density at radius 3 is 2.88 bits per heavy atom. The number of hydrogen-bond donors (Lipinski definition) is 2. The summed E-state index contributed by atoms with van der Waals surface area (Å²) in [6.45, 7) is 0.722. The van der Waals surface area contributed by atoms with E-state index in [0.717, 1.165) is 11.3 Å². The second-order valence-corrected chi connectivity index (χ2v) is 6.09. The molecule has 6 nitrogen and oxygen atoms in total. The summed E-state index contributed by atoms with van der Waals surface area (Å²) in [6, 6.07) is 12.4. The van der Waals surface area contributed by atoms with Gasteiger partial charge in [0.1, 0.15) is 12.4 Å². The van der Waals surface area contributed by atoms with E-state index in [9.17, 15) is 9.90 Å². The van der Waals surface area contributed by atoms with Gasteiger partial charge < -0.3 is 24.8 Å². The molecule has 1 heterocycles. The van der Waals surface area contributed by atoms with E-state index < -0.39 is 0 Å². The van der Waals surface area contributed by atoms with Crippen molar-refractivity contribution in [2.75, 3.05) is 20.8 Å². The Morgan fingerprint density at radius 2 is 2.12 bits per heavy atom. The fourth-order valence-corrected chi connectivity index (χ4v) is 2.90. The highest BCUT2D eigenvalue weighted by atomic mass is 16.5. The molecule has 0 bridgehead atoms. The second kappa shape index (κ2) is 7.34. The molecule has 6 heteroatoms. The van der Waals surface area contributed by atoms with Gasteiger partial charge in [-0.1, -0.05) is 30.3 Å². The van der Waals surface area contributed by atoms with Crippen molar-refractivity contribution in [3.8, 4) is 17.2 Å². The number of benzene rings is 2. The first kappa shape index (κ1) is 17.0. The molecule has 2 aromatic carbocycles. The third kappa shape index (κ3) is 3.79. The molecule has 2 aromatic rings. The first-order valence-electron chi connectivity index (χ1n) is 8.15. The maximum absolute atomic E-state index is 12.4. The van der Waals surface area contributed by atoms with Gasteiger partial charge in [-0.2, -0.15) is 0 Å². The number of aromatic hydroxyl groups is 1. The van der Waals surface area contributed by atoms with Gasteiger partial charge >= 0.3 is 6.03 Å². The molecule has 1 unspecified atom stereocenters. The van der Waals surface area contributed by atoms with E-state index in [0.29, 0.717) is 30.9 Å². The Labute approximate surface area is 147 Å². The Kier molecular flexibility index (Phi) is 4.97. The molecule has 2 N–H and O–H groups in total. The minimum absolute atomic E-state index is 0.112. The number of carbonyl (C=O) groups excluding carboxylic acids is 1. The Morgan fingerprint density at radius 1 is 1.32 bits per heavy atom. The molecule has 2 amide bonds. The van der Waals surface area contributed by atoms with Gasteiger partial charge in [0.25, 0.3) is 0 Å². The maximum atomic E-state index is 12.4. The number of fused-ring (bicyclic) bond motifs is 1. The molecular weight excluding hydrogens is 320 g/mol. The molecule has 132 valence electrons. The van der Waals surface area contributed by atoms with E-state index in [1.54, 1.807) is 32.4 Å². The van der Waals surface area contributed by atoms with Crippen molar-refractivity contribution in [3.05, 3.63) is 53.6 Å². The average Bonchev–Trinajstić information content (AvgIpc) is 2.62. The van der Waals surface area contributed by atoms with E-state index in [1.165, 1.54) is 4.90 Å². The van der Waals surface area contributed by atoms with Gasteiger partial charge in [-0.25, -0.2) is 4.79 Å². The molecule has 3 rings (SSSR count). The van der Waals surface area contributed by atoms with Crippen LogP contribution in [-0.4, -0.2) is 42.8 Å². The molecule has 0 saturated heterocycles. The first-order chi connectivity index (χ1) is 12.1. The van der Waals surface area contributed by atoms with Crippen molar-refractivity contribution in [1.29, 1.82) is 0 Å². The van der Waals surface area contributed by atoms with E-state index in [4.69, 9.17) is 9.47 Å². The smallest absolute Gasteiger partial charge is 0.317 e. The van der Waals surface area contributed by atoms with Crippen molar-refractivity contribution in [2.45, 2.75) is 19.0 Å². The normalized spacial score (nSPS) is 15.7. The van der Waals surface area contributed by atoms with Crippen LogP contribution in [0.2, 0.25) is 0 Å². The number of phenols is 1. The van der Waals surface area contributed by atoms with Gasteiger partial charge in [-0.05, 0) is 18.6 Å². The number of phenolic OH excluding ortho intramolecular Hbond substituents is 1. The lowest BCUT2D eigenvalue weighted by molar-refractivity contribution is 0.185. The average molecular weight is 342 g/mol. The molecule has 0 spiro atoms. The number of urea groups is 1. The van der Waals surface area contributed by atoms with Crippen LogP contribution in [0.1, 0.15) is 11.1 Å². The van der Waals surface area contributed by atoms with Crippen LogP contribution in [0.4, 0.5) is 4.79 Å². The minimum Gasteiger partial charge on any atom is -0.508 e. The molecule has 1 aliphatic heterocycles. The number of hydrogen-bond acceptors (Lipinski definition) is 4. The summed E-state index contributed by atoms with van der Waals surface area (Å²) in [7, 11) is 3.31.